The van der Waals surface area contributed by atoms with Crippen molar-refractivity contribution in [2.75, 3.05) is 5.73 Å². The molecule has 2 nitrogen and oxygen atoms in total. The number of hydrogen-bond acceptors (Lipinski definition) is 2. The summed E-state index contributed by atoms with van der Waals surface area (Å²) in [6.45, 7) is 0. The number of hydrogen-bond donors (Lipinski definition) is 1. The van der Waals surface area contributed by atoms with E-state index >= 15 is 0 Å². The molecule has 0 aromatic heterocycles. The lowest BCUT2D eigenvalue weighted by Gasteiger charge is -2.09. The Bertz CT molecular complexity index is 377. The van der Waals surface area contributed by atoms with Crippen LogP contribution in [0.15, 0.2) is 18.2 Å². The van der Waals surface area contributed by atoms with Gasteiger partial charge in [0.1, 0.15) is 6.07 Å². The van der Waals surface area contributed by atoms with Gasteiger partial charge in [-0.05, 0) is 11.6 Å². The Morgan fingerprint density at radius 3 is 2.50 bits per heavy atom. The minimum atomic E-state index is -4.30. The van der Waals surface area contributed by atoms with Crippen LogP contribution < -0.4 is 5.73 Å². The highest BCUT2D eigenvalue weighted by Crippen LogP contribution is 2.26. The average Bonchev–Trinajstić information content (AvgIpc) is 2.06. The van der Waals surface area contributed by atoms with Gasteiger partial charge in [0, 0.05) is 0 Å². The highest BCUT2D eigenvalue weighted by Gasteiger charge is 2.28. The van der Waals surface area contributed by atoms with Gasteiger partial charge in [-0.15, -0.1) is 0 Å². The summed E-state index contributed by atoms with van der Waals surface area (Å²) in [5.74, 6) is 0. The summed E-state index contributed by atoms with van der Waals surface area (Å²) in [6, 6.07) is 5.77. The standard InChI is InChI=1S/C9H7F3N2/c10-9(11,12)4-6-2-1-3-7(5-13)8(6)14/h1-3H,4,14H2. The number of nitrogens with two attached hydrogens (primary N) is 1. The smallest absolute Gasteiger partial charge is 0.393 e. The minimum Gasteiger partial charge on any atom is -0.397 e. The lowest BCUT2D eigenvalue weighted by Crippen LogP contribution is -2.13. The number of nitriles is 1. The quantitative estimate of drug-likeness (QED) is 0.707. The Hall–Kier alpha value is -1.70. The SMILES string of the molecule is N#Cc1cccc(CC(F)(F)F)c1N. The fraction of sp³-hybridized carbons (Fsp3) is 0.222. The van der Waals surface area contributed by atoms with Crippen LogP contribution >= 0.6 is 0 Å². The van der Waals surface area contributed by atoms with Crippen molar-refractivity contribution in [1.82, 2.24) is 0 Å². The second kappa shape index (κ2) is 3.58. The molecule has 0 spiro atoms. The third-order valence-electron chi connectivity index (χ3n) is 1.71. The summed E-state index contributed by atoms with van der Waals surface area (Å²) in [5, 5.41) is 8.53. The monoisotopic (exact) mass is 200 g/mol. The molecular weight excluding hydrogens is 193 g/mol. The third-order valence-corrected chi connectivity index (χ3v) is 1.71. The van der Waals surface area contributed by atoms with Gasteiger partial charge < -0.3 is 5.73 Å². The minimum absolute atomic E-state index is 0.0587. The van der Waals surface area contributed by atoms with E-state index in [1.54, 1.807) is 6.07 Å². The molecule has 0 saturated heterocycles. The fourth-order valence-corrected chi connectivity index (χ4v) is 1.08. The fourth-order valence-electron chi connectivity index (χ4n) is 1.08. The molecule has 0 fully saturated rings. The molecule has 0 amide bonds. The highest BCUT2D eigenvalue weighted by molar-refractivity contribution is 5.59. The van der Waals surface area contributed by atoms with Gasteiger partial charge in [-0.2, -0.15) is 18.4 Å². The Kier molecular flexibility index (Phi) is 2.65. The van der Waals surface area contributed by atoms with Crippen molar-refractivity contribution >= 4 is 5.69 Å². The maximum absolute atomic E-state index is 12.0. The molecule has 0 aliphatic rings. The molecule has 1 aromatic carbocycles. The summed E-state index contributed by atoms with van der Waals surface area (Å²) in [7, 11) is 0. The van der Waals surface area contributed by atoms with E-state index in [4.69, 9.17) is 11.0 Å². The second-order valence-corrected chi connectivity index (χ2v) is 2.78. The van der Waals surface area contributed by atoms with Crippen LogP contribution in [-0.2, 0) is 6.42 Å². The molecule has 74 valence electrons. The first-order chi connectivity index (χ1) is 6.44. The van der Waals surface area contributed by atoms with E-state index in [9.17, 15) is 13.2 Å². The zero-order valence-corrected chi connectivity index (χ0v) is 7.10. The Morgan fingerprint density at radius 1 is 1.36 bits per heavy atom. The molecular formula is C9H7F3N2. The summed E-state index contributed by atoms with van der Waals surface area (Å²) in [6.07, 6.45) is -5.41. The molecule has 0 unspecified atom stereocenters. The van der Waals surface area contributed by atoms with Crippen LogP contribution in [0, 0.1) is 11.3 Å². The average molecular weight is 200 g/mol. The molecule has 5 heteroatoms. The third kappa shape index (κ3) is 2.39. The maximum atomic E-state index is 12.0. The number of benzene rings is 1. The van der Waals surface area contributed by atoms with E-state index in [0.717, 1.165) is 0 Å². The van der Waals surface area contributed by atoms with Crippen LogP contribution in [0.4, 0.5) is 18.9 Å². The van der Waals surface area contributed by atoms with E-state index in [1.807, 2.05) is 0 Å². The van der Waals surface area contributed by atoms with E-state index in [-0.39, 0.29) is 16.8 Å². The normalized spacial score (nSPS) is 11.0. The number of alkyl halides is 3. The second-order valence-electron chi connectivity index (χ2n) is 2.78. The van der Waals surface area contributed by atoms with Crippen molar-refractivity contribution < 1.29 is 13.2 Å². The van der Waals surface area contributed by atoms with Gasteiger partial charge in [0.2, 0.25) is 0 Å². The first-order valence-corrected chi connectivity index (χ1v) is 3.78. The molecule has 0 aliphatic heterocycles. The molecule has 0 aliphatic carbocycles. The molecule has 1 rings (SSSR count). The number of rotatable bonds is 1. The zero-order chi connectivity index (χ0) is 10.8. The lowest BCUT2D eigenvalue weighted by molar-refractivity contribution is -0.127. The van der Waals surface area contributed by atoms with E-state index in [1.165, 1.54) is 18.2 Å². The van der Waals surface area contributed by atoms with Crippen molar-refractivity contribution in [1.29, 1.82) is 5.26 Å². The van der Waals surface area contributed by atoms with E-state index in [2.05, 4.69) is 0 Å². The molecule has 0 saturated carbocycles. The van der Waals surface area contributed by atoms with Crippen molar-refractivity contribution in [2.45, 2.75) is 12.6 Å². The number of para-hydroxylation sites is 1. The van der Waals surface area contributed by atoms with Gasteiger partial charge in [-0.1, -0.05) is 12.1 Å². The van der Waals surface area contributed by atoms with Gasteiger partial charge in [0.05, 0.1) is 17.7 Å². The molecule has 0 atom stereocenters. The first kappa shape index (κ1) is 10.4. The Morgan fingerprint density at radius 2 is 2.00 bits per heavy atom. The van der Waals surface area contributed by atoms with Gasteiger partial charge >= 0.3 is 6.18 Å². The van der Waals surface area contributed by atoms with Crippen LogP contribution in [0.1, 0.15) is 11.1 Å². The van der Waals surface area contributed by atoms with Crippen molar-refractivity contribution in [2.24, 2.45) is 0 Å². The van der Waals surface area contributed by atoms with E-state index < -0.39 is 12.6 Å². The van der Waals surface area contributed by atoms with Crippen molar-refractivity contribution in [3.8, 4) is 6.07 Å². The van der Waals surface area contributed by atoms with Crippen LogP contribution in [0.3, 0.4) is 0 Å². The highest BCUT2D eigenvalue weighted by atomic mass is 19.4. The topological polar surface area (TPSA) is 49.8 Å². The largest absolute Gasteiger partial charge is 0.397 e. The molecule has 0 radical (unpaired) electrons. The van der Waals surface area contributed by atoms with Gasteiger partial charge in [0.15, 0.2) is 0 Å². The maximum Gasteiger partial charge on any atom is 0.393 e. The van der Waals surface area contributed by atoms with Gasteiger partial charge in [-0.3, -0.25) is 0 Å². The van der Waals surface area contributed by atoms with E-state index in [0.29, 0.717) is 0 Å². The van der Waals surface area contributed by atoms with Crippen LogP contribution in [0.25, 0.3) is 0 Å². The summed E-state index contributed by atoms with van der Waals surface area (Å²) in [4.78, 5) is 0. The molecule has 0 bridgehead atoms. The van der Waals surface area contributed by atoms with Crippen LogP contribution in [-0.4, -0.2) is 6.18 Å². The first-order valence-electron chi connectivity index (χ1n) is 3.78. The number of anilines is 1. The van der Waals surface area contributed by atoms with Crippen molar-refractivity contribution in [3.63, 3.8) is 0 Å². The predicted octanol–water partition coefficient (Wildman–Crippen LogP) is 2.25. The summed E-state index contributed by atoms with van der Waals surface area (Å²) in [5.41, 5.74) is 5.31. The zero-order valence-electron chi connectivity index (χ0n) is 7.10. The van der Waals surface area contributed by atoms with Gasteiger partial charge in [0.25, 0.3) is 0 Å². The van der Waals surface area contributed by atoms with Crippen molar-refractivity contribution in [3.05, 3.63) is 29.3 Å². The molecule has 2 N–H and O–H groups in total. The number of nitrogens with zero attached hydrogens (tertiary/aromatic N) is 1. The Labute approximate surface area is 78.8 Å². The van der Waals surface area contributed by atoms with Gasteiger partial charge in [-0.25, -0.2) is 0 Å². The number of nitrogen functional groups attached to an aromatic ring is 1. The molecule has 1 aromatic rings. The molecule has 0 heterocycles. The summed E-state index contributed by atoms with van der Waals surface area (Å²) >= 11 is 0. The van der Waals surface area contributed by atoms with Crippen LogP contribution in [0.2, 0.25) is 0 Å². The molecule has 14 heavy (non-hydrogen) atoms. The lowest BCUT2D eigenvalue weighted by atomic mass is 10.1. The number of halogens is 3. The predicted molar refractivity (Wildman–Crippen MR) is 45.3 cm³/mol. The Balaban J connectivity index is 3.06. The summed E-state index contributed by atoms with van der Waals surface area (Å²) < 4.78 is 36.1. The van der Waals surface area contributed by atoms with Crippen LogP contribution in [0.5, 0.6) is 0 Å².